The van der Waals surface area contributed by atoms with Gasteiger partial charge in [0.2, 0.25) is 5.91 Å². The highest BCUT2D eigenvalue weighted by molar-refractivity contribution is 9.10. The van der Waals surface area contributed by atoms with Crippen molar-refractivity contribution in [1.29, 1.82) is 0 Å². The van der Waals surface area contributed by atoms with E-state index in [4.69, 9.17) is 0 Å². The second-order valence-corrected chi connectivity index (χ2v) is 4.72. The lowest BCUT2D eigenvalue weighted by molar-refractivity contribution is -0.117. The van der Waals surface area contributed by atoms with Gasteiger partial charge in [-0.15, -0.1) is 6.58 Å². The van der Waals surface area contributed by atoms with E-state index in [-0.39, 0.29) is 22.0 Å². The molecule has 0 saturated carbocycles. The summed E-state index contributed by atoms with van der Waals surface area (Å²) in [6.07, 6.45) is 2.02. The number of carbonyl (C=O) groups excluding carboxylic acids is 1. The Bertz CT molecular complexity index is 466. The smallest absolute Gasteiger partial charge is 0.227 e. The predicted molar refractivity (Wildman–Crippen MR) is 64.7 cm³/mol. The first-order valence-electron chi connectivity index (χ1n) is 5.10. The van der Waals surface area contributed by atoms with Crippen LogP contribution in [0.2, 0.25) is 0 Å². The van der Waals surface area contributed by atoms with Crippen molar-refractivity contribution in [2.45, 2.75) is 6.42 Å². The van der Waals surface area contributed by atoms with Crippen molar-refractivity contribution in [3.63, 3.8) is 0 Å². The summed E-state index contributed by atoms with van der Waals surface area (Å²) in [5.74, 6) is -1.53. The SMILES string of the molecule is C=CC1CC(=O)N(c2cc(F)c(Br)c(F)c2)C1. The van der Waals surface area contributed by atoms with E-state index in [0.717, 1.165) is 12.1 Å². The van der Waals surface area contributed by atoms with Crippen LogP contribution in [-0.2, 0) is 4.79 Å². The zero-order chi connectivity index (χ0) is 12.6. The molecule has 0 N–H and O–H groups in total. The van der Waals surface area contributed by atoms with Crippen LogP contribution in [0.4, 0.5) is 14.5 Å². The highest BCUT2D eigenvalue weighted by Gasteiger charge is 2.29. The molecule has 0 radical (unpaired) electrons. The first kappa shape index (κ1) is 12.2. The minimum atomic E-state index is -0.713. The van der Waals surface area contributed by atoms with Crippen LogP contribution in [0.5, 0.6) is 0 Å². The molecule has 5 heteroatoms. The molecule has 1 atom stereocenters. The van der Waals surface area contributed by atoms with E-state index in [1.807, 2.05) is 0 Å². The quantitative estimate of drug-likeness (QED) is 0.606. The third-order valence-corrected chi connectivity index (χ3v) is 3.53. The van der Waals surface area contributed by atoms with Gasteiger partial charge in [-0.25, -0.2) is 8.78 Å². The largest absolute Gasteiger partial charge is 0.312 e. The van der Waals surface area contributed by atoms with Gasteiger partial charge in [0, 0.05) is 24.6 Å². The number of hydrogen-bond acceptors (Lipinski definition) is 1. The summed E-state index contributed by atoms with van der Waals surface area (Å²) in [6.45, 7) is 4.04. The van der Waals surface area contributed by atoms with E-state index in [2.05, 4.69) is 22.5 Å². The minimum absolute atomic E-state index is 0.0391. The van der Waals surface area contributed by atoms with Crippen LogP contribution in [0.15, 0.2) is 29.3 Å². The highest BCUT2D eigenvalue weighted by Crippen LogP contribution is 2.30. The third kappa shape index (κ3) is 2.24. The number of carbonyl (C=O) groups is 1. The molecule has 1 heterocycles. The van der Waals surface area contributed by atoms with Gasteiger partial charge in [0.25, 0.3) is 0 Å². The van der Waals surface area contributed by atoms with Crippen LogP contribution < -0.4 is 4.90 Å². The Kier molecular flexibility index (Phi) is 3.28. The highest BCUT2D eigenvalue weighted by atomic mass is 79.9. The van der Waals surface area contributed by atoms with Crippen LogP contribution in [-0.4, -0.2) is 12.5 Å². The van der Waals surface area contributed by atoms with Crippen molar-refractivity contribution in [3.05, 3.63) is 40.9 Å². The fourth-order valence-electron chi connectivity index (χ4n) is 1.84. The van der Waals surface area contributed by atoms with Crippen LogP contribution in [0.3, 0.4) is 0 Å². The first-order valence-corrected chi connectivity index (χ1v) is 5.89. The van der Waals surface area contributed by atoms with Gasteiger partial charge in [0.15, 0.2) is 0 Å². The van der Waals surface area contributed by atoms with E-state index in [1.165, 1.54) is 4.90 Å². The Morgan fingerprint density at radius 1 is 1.41 bits per heavy atom. The fraction of sp³-hybridized carbons (Fsp3) is 0.250. The molecule has 1 aliphatic rings. The summed E-state index contributed by atoms with van der Waals surface area (Å²) in [6, 6.07) is 2.30. The van der Waals surface area contributed by atoms with Gasteiger partial charge < -0.3 is 4.90 Å². The molecule has 17 heavy (non-hydrogen) atoms. The molecule has 1 aromatic carbocycles. The van der Waals surface area contributed by atoms with Crippen LogP contribution in [0, 0.1) is 17.6 Å². The van der Waals surface area contributed by atoms with Gasteiger partial charge in [0.1, 0.15) is 11.6 Å². The van der Waals surface area contributed by atoms with Gasteiger partial charge in [-0.05, 0) is 28.1 Å². The monoisotopic (exact) mass is 301 g/mol. The van der Waals surface area contributed by atoms with Crippen molar-refractivity contribution >= 4 is 27.5 Å². The van der Waals surface area contributed by atoms with E-state index in [0.29, 0.717) is 13.0 Å². The lowest BCUT2D eigenvalue weighted by Gasteiger charge is -2.16. The van der Waals surface area contributed by atoms with Crippen molar-refractivity contribution in [3.8, 4) is 0 Å². The lowest BCUT2D eigenvalue weighted by atomic mass is 10.1. The molecule has 2 rings (SSSR count). The summed E-state index contributed by atoms with van der Waals surface area (Å²) in [4.78, 5) is 13.1. The summed E-state index contributed by atoms with van der Waals surface area (Å²) in [7, 11) is 0. The standard InChI is InChI=1S/C12H10BrF2NO/c1-2-7-3-11(17)16(6-7)8-4-9(14)12(13)10(15)5-8/h2,4-5,7H,1,3,6H2. The Morgan fingerprint density at radius 2 is 2.00 bits per heavy atom. The minimum Gasteiger partial charge on any atom is -0.312 e. The molecule has 0 aliphatic carbocycles. The Morgan fingerprint density at radius 3 is 2.47 bits per heavy atom. The second-order valence-electron chi connectivity index (χ2n) is 3.93. The molecule has 1 saturated heterocycles. The molecule has 1 amide bonds. The fourth-order valence-corrected chi connectivity index (χ4v) is 2.07. The van der Waals surface area contributed by atoms with Gasteiger partial charge in [-0.1, -0.05) is 6.08 Å². The molecule has 1 unspecified atom stereocenters. The number of rotatable bonds is 2. The molecule has 1 aromatic rings. The van der Waals surface area contributed by atoms with Crippen LogP contribution in [0.25, 0.3) is 0 Å². The average Bonchev–Trinajstić information content (AvgIpc) is 2.67. The summed E-state index contributed by atoms with van der Waals surface area (Å²) < 4.78 is 26.5. The summed E-state index contributed by atoms with van der Waals surface area (Å²) in [5.41, 5.74) is 0.248. The van der Waals surface area contributed by atoms with Crippen molar-refractivity contribution in [2.24, 2.45) is 5.92 Å². The average molecular weight is 302 g/mol. The van der Waals surface area contributed by atoms with E-state index in [1.54, 1.807) is 6.08 Å². The molecule has 2 nitrogen and oxygen atoms in total. The Hall–Kier alpha value is -1.23. The van der Waals surface area contributed by atoms with Gasteiger partial charge in [-0.2, -0.15) is 0 Å². The molecule has 0 bridgehead atoms. The summed E-state index contributed by atoms with van der Waals surface area (Å²) >= 11 is 2.79. The maximum absolute atomic E-state index is 13.4. The van der Waals surface area contributed by atoms with Gasteiger partial charge in [0.05, 0.1) is 4.47 Å². The molecule has 0 spiro atoms. The normalized spacial score (nSPS) is 19.8. The number of benzene rings is 1. The number of amides is 1. The molecular weight excluding hydrogens is 292 g/mol. The Balaban J connectivity index is 2.35. The van der Waals surface area contributed by atoms with E-state index in [9.17, 15) is 13.6 Å². The van der Waals surface area contributed by atoms with Gasteiger partial charge in [-0.3, -0.25) is 4.79 Å². The summed E-state index contributed by atoms with van der Waals surface area (Å²) in [5, 5.41) is 0. The predicted octanol–water partition coefficient (Wildman–Crippen LogP) is 3.27. The maximum atomic E-state index is 13.4. The number of hydrogen-bond donors (Lipinski definition) is 0. The number of halogens is 3. The van der Waals surface area contributed by atoms with Crippen molar-refractivity contribution in [2.75, 3.05) is 11.4 Å². The van der Waals surface area contributed by atoms with E-state index >= 15 is 0 Å². The zero-order valence-electron chi connectivity index (χ0n) is 8.92. The molecule has 90 valence electrons. The molecule has 0 aromatic heterocycles. The third-order valence-electron chi connectivity index (χ3n) is 2.77. The maximum Gasteiger partial charge on any atom is 0.227 e. The number of nitrogens with zero attached hydrogens (tertiary/aromatic N) is 1. The van der Waals surface area contributed by atoms with Gasteiger partial charge >= 0.3 is 0 Å². The topological polar surface area (TPSA) is 20.3 Å². The van der Waals surface area contributed by atoms with Crippen LogP contribution in [0.1, 0.15) is 6.42 Å². The van der Waals surface area contributed by atoms with Crippen molar-refractivity contribution < 1.29 is 13.6 Å². The molecular formula is C12H10BrF2NO. The van der Waals surface area contributed by atoms with E-state index < -0.39 is 11.6 Å². The number of anilines is 1. The molecule has 1 fully saturated rings. The van der Waals surface area contributed by atoms with Crippen LogP contribution >= 0.6 is 15.9 Å². The zero-order valence-corrected chi connectivity index (χ0v) is 10.5. The first-order chi connectivity index (χ1) is 8.02. The Labute approximate surface area is 106 Å². The van der Waals surface area contributed by atoms with Crippen molar-refractivity contribution in [1.82, 2.24) is 0 Å². The second kappa shape index (κ2) is 4.56. The molecule has 1 aliphatic heterocycles. The lowest BCUT2D eigenvalue weighted by Crippen LogP contribution is -2.24.